The molecule has 2 bridgehead atoms. The summed E-state index contributed by atoms with van der Waals surface area (Å²) in [6.45, 7) is 0. The van der Waals surface area contributed by atoms with Gasteiger partial charge in [0.1, 0.15) is 5.82 Å². The molecule has 5 rings (SSSR count). The number of fused-ring (bicyclic) bond motifs is 5. The van der Waals surface area contributed by atoms with Crippen molar-refractivity contribution in [3.05, 3.63) is 53.3 Å². The number of H-pyrrole nitrogens is 1. The molecule has 1 aliphatic heterocycles. The van der Waals surface area contributed by atoms with Gasteiger partial charge < -0.3 is 10.4 Å². The van der Waals surface area contributed by atoms with Gasteiger partial charge in [0.05, 0.1) is 6.10 Å². The minimum absolute atomic E-state index is 0.559. The fourth-order valence-corrected chi connectivity index (χ4v) is 3.55. The van der Waals surface area contributed by atoms with Gasteiger partial charge in [-0.1, -0.05) is 24.3 Å². The summed E-state index contributed by atoms with van der Waals surface area (Å²) in [5, 5.41) is 21.8. The van der Waals surface area contributed by atoms with Crippen LogP contribution in [0.25, 0.3) is 11.4 Å². The minimum atomic E-state index is -0.559. The maximum atomic E-state index is 10.8. The molecule has 1 aliphatic carbocycles. The van der Waals surface area contributed by atoms with E-state index in [1.165, 1.54) is 24.1 Å². The van der Waals surface area contributed by atoms with Crippen LogP contribution < -0.4 is 5.32 Å². The lowest BCUT2D eigenvalue weighted by Crippen LogP contribution is -2.03. The summed E-state index contributed by atoms with van der Waals surface area (Å²) in [7, 11) is 0. The predicted molar refractivity (Wildman–Crippen MR) is 94.6 cm³/mol. The van der Waals surface area contributed by atoms with Crippen LogP contribution in [0.4, 0.5) is 11.6 Å². The van der Waals surface area contributed by atoms with E-state index in [9.17, 15) is 5.11 Å². The molecule has 0 spiro atoms. The van der Waals surface area contributed by atoms with Crippen molar-refractivity contribution in [2.75, 3.05) is 5.32 Å². The van der Waals surface area contributed by atoms with Crippen LogP contribution in [0.3, 0.4) is 0 Å². The molecule has 126 valence electrons. The van der Waals surface area contributed by atoms with E-state index in [1.54, 1.807) is 6.20 Å². The number of aliphatic hydroxyl groups excluding tert-OH is 1. The summed E-state index contributed by atoms with van der Waals surface area (Å²) in [4.78, 5) is 9.03. The van der Waals surface area contributed by atoms with Gasteiger partial charge in [0.15, 0.2) is 11.6 Å². The Labute approximate surface area is 145 Å². The second-order valence-corrected chi connectivity index (χ2v) is 6.77. The lowest BCUT2D eigenvalue weighted by molar-refractivity contribution is 0.168. The summed E-state index contributed by atoms with van der Waals surface area (Å²) >= 11 is 0. The molecule has 1 atom stereocenters. The van der Waals surface area contributed by atoms with Gasteiger partial charge in [-0.05, 0) is 37.3 Å². The van der Waals surface area contributed by atoms with Crippen LogP contribution in [0.1, 0.15) is 48.1 Å². The van der Waals surface area contributed by atoms with Gasteiger partial charge >= 0.3 is 0 Å². The van der Waals surface area contributed by atoms with Crippen molar-refractivity contribution in [1.29, 1.82) is 0 Å². The van der Waals surface area contributed by atoms with Crippen LogP contribution in [-0.4, -0.2) is 25.3 Å². The first kappa shape index (κ1) is 14.6. The maximum absolute atomic E-state index is 10.8. The molecule has 25 heavy (non-hydrogen) atoms. The van der Waals surface area contributed by atoms with Crippen molar-refractivity contribution in [2.24, 2.45) is 0 Å². The van der Waals surface area contributed by atoms with E-state index in [-0.39, 0.29) is 0 Å². The van der Waals surface area contributed by atoms with Crippen LogP contribution >= 0.6 is 0 Å². The molecule has 0 radical (unpaired) electrons. The van der Waals surface area contributed by atoms with Crippen molar-refractivity contribution in [3.8, 4) is 11.4 Å². The zero-order valence-corrected chi connectivity index (χ0v) is 13.7. The van der Waals surface area contributed by atoms with E-state index in [1.807, 2.05) is 30.3 Å². The number of nitrogens with one attached hydrogen (secondary N) is 2. The topological polar surface area (TPSA) is 86.7 Å². The van der Waals surface area contributed by atoms with Gasteiger partial charge in [-0.3, -0.25) is 5.10 Å². The van der Waals surface area contributed by atoms with Crippen molar-refractivity contribution in [3.63, 3.8) is 0 Å². The molecule has 1 fully saturated rings. The summed E-state index contributed by atoms with van der Waals surface area (Å²) in [6, 6.07) is 9.66. The molecule has 3 heterocycles. The number of hydrogen-bond acceptors (Lipinski definition) is 5. The Balaban J connectivity index is 1.65. The molecule has 1 unspecified atom stereocenters. The molecular formula is C19H19N5O. The minimum Gasteiger partial charge on any atom is -0.388 e. The summed E-state index contributed by atoms with van der Waals surface area (Å²) < 4.78 is 0. The predicted octanol–water partition coefficient (Wildman–Crippen LogP) is 3.47. The molecule has 6 heteroatoms. The normalized spacial score (nSPS) is 19.3. The smallest absolute Gasteiger partial charge is 0.161 e. The van der Waals surface area contributed by atoms with E-state index in [4.69, 9.17) is 0 Å². The maximum Gasteiger partial charge on any atom is 0.161 e. The molecule has 1 saturated carbocycles. The van der Waals surface area contributed by atoms with Crippen molar-refractivity contribution < 1.29 is 5.11 Å². The first-order chi connectivity index (χ1) is 12.3. The Kier molecular flexibility index (Phi) is 3.31. The summed E-state index contributed by atoms with van der Waals surface area (Å²) in [5.41, 5.74) is 4.12. The number of anilines is 2. The fourth-order valence-electron chi connectivity index (χ4n) is 3.55. The lowest BCUT2D eigenvalue weighted by Gasteiger charge is -2.14. The summed E-state index contributed by atoms with van der Waals surface area (Å²) in [5.74, 6) is 2.71. The Hall–Kier alpha value is -2.73. The largest absolute Gasteiger partial charge is 0.388 e. The first-order valence-corrected chi connectivity index (χ1v) is 8.74. The second kappa shape index (κ2) is 5.67. The second-order valence-electron chi connectivity index (χ2n) is 6.77. The van der Waals surface area contributed by atoms with Gasteiger partial charge in [0, 0.05) is 28.9 Å². The molecular weight excluding hydrogens is 314 g/mol. The zero-order chi connectivity index (χ0) is 16.8. The zero-order valence-electron chi connectivity index (χ0n) is 13.7. The third kappa shape index (κ3) is 2.59. The van der Waals surface area contributed by atoms with Crippen molar-refractivity contribution >= 4 is 11.6 Å². The summed E-state index contributed by atoms with van der Waals surface area (Å²) in [6.07, 6.45) is 5.00. The van der Waals surface area contributed by atoms with Crippen LogP contribution in [0.2, 0.25) is 0 Å². The highest BCUT2D eigenvalue weighted by Crippen LogP contribution is 2.43. The van der Waals surface area contributed by atoms with Crippen molar-refractivity contribution in [1.82, 2.24) is 20.2 Å². The van der Waals surface area contributed by atoms with Gasteiger partial charge in [-0.25, -0.2) is 9.97 Å². The number of aromatic nitrogens is 4. The Bertz CT molecular complexity index is 931. The van der Waals surface area contributed by atoms with E-state index in [0.29, 0.717) is 24.0 Å². The van der Waals surface area contributed by atoms with Gasteiger partial charge in [-0.15, -0.1) is 0 Å². The van der Waals surface area contributed by atoms with Gasteiger partial charge in [-0.2, -0.15) is 5.10 Å². The average molecular weight is 333 g/mol. The number of aromatic amines is 1. The molecule has 2 aliphatic rings. The molecule has 0 saturated heterocycles. The van der Waals surface area contributed by atoms with E-state index < -0.39 is 6.10 Å². The number of nitrogens with zero attached hydrogens (tertiary/aromatic N) is 3. The first-order valence-electron chi connectivity index (χ1n) is 8.74. The Morgan fingerprint density at radius 2 is 1.96 bits per heavy atom. The quantitative estimate of drug-likeness (QED) is 0.635. The SMILES string of the molecule is OC1CCc2c(n[nH]c2C2CC2)Nc2ccnc(n2)-c2ccccc21. The number of aliphatic hydroxyl groups is 1. The highest BCUT2D eigenvalue weighted by Gasteiger charge is 2.30. The Morgan fingerprint density at radius 3 is 2.84 bits per heavy atom. The third-order valence-electron chi connectivity index (χ3n) is 5.02. The molecule has 2 aromatic heterocycles. The van der Waals surface area contributed by atoms with E-state index >= 15 is 0 Å². The molecule has 3 aromatic rings. The van der Waals surface area contributed by atoms with Crippen LogP contribution in [0.5, 0.6) is 0 Å². The fraction of sp³-hybridized carbons (Fsp3) is 0.316. The van der Waals surface area contributed by atoms with Gasteiger partial charge in [0.25, 0.3) is 0 Å². The molecule has 6 nitrogen and oxygen atoms in total. The van der Waals surface area contributed by atoms with Gasteiger partial charge in [0.2, 0.25) is 0 Å². The highest BCUT2D eigenvalue weighted by molar-refractivity contribution is 5.65. The molecule has 3 N–H and O–H groups in total. The number of hydrogen-bond donors (Lipinski definition) is 3. The third-order valence-corrected chi connectivity index (χ3v) is 5.02. The number of benzene rings is 1. The molecule has 0 amide bonds. The monoisotopic (exact) mass is 333 g/mol. The highest BCUT2D eigenvalue weighted by atomic mass is 16.3. The van der Waals surface area contributed by atoms with Crippen molar-refractivity contribution in [2.45, 2.75) is 37.7 Å². The average Bonchev–Trinajstić information content (AvgIpc) is 3.41. The van der Waals surface area contributed by atoms with Crippen LogP contribution in [-0.2, 0) is 6.42 Å². The molecule has 1 aromatic carbocycles. The van der Waals surface area contributed by atoms with E-state index in [0.717, 1.165) is 23.4 Å². The van der Waals surface area contributed by atoms with Crippen LogP contribution in [0.15, 0.2) is 36.5 Å². The number of rotatable bonds is 1. The Morgan fingerprint density at radius 1 is 1.08 bits per heavy atom. The lowest BCUT2D eigenvalue weighted by atomic mass is 9.96. The van der Waals surface area contributed by atoms with Crippen LogP contribution in [0, 0.1) is 0 Å². The van der Waals surface area contributed by atoms with E-state index in [2.05, 4.69) is 25.5 Å². The standard InChI is InChI=1S/C19H19N5O/c25-15-8-7-14-17(11-5-6-11)23-24-19(14)22-16-9-10-20-18(21-16)13-4-2-1-3-12(13)15/h1-4,9-11,15,25H,5-8H2,(H2,20,21,22,23,24).